The van der Waals surface area contributed by atoms with Crippen LogP contribution in [0.4, 0.5) is 4.79 Å². The second-order valence-corrected chi connectivity index (χ2v) is 3.72. The van der Waals surface area contributed by atoms with Crippen LogP contribution in [0.3, 0.4) is 0 Å². The second-order valence-electron chi connectivity index (χ2n) is 3.72. The summed E-state index contributed by atoms with van der Waals surface area (Å²) in [5.41, 5.74) is 0. The molecule has 0 spiro atoms. The van der Waals surface area contributed by atoms with Gasteiger partial charge in [0.1, 0.15) is 0 Å². The summed E-state index contributed by atoms with van der Waals surface area (Å²) in [6.07, 6.45) is 0.301. The number of amides is 1. The van der Waals surface area contributed by atoms with Crippen LogP contribution in [0.25, 0.3) is 0 Å². The number of nitrogens with one attached hydrogen (secondary N) is 1. The molecule has 1 amide bonds. The maximum Gasteiger partial charge on any atom is 0.408 e. The van der Waals surface area contributed by atoms with Gasteiger partial charge >= 0.3 is 12.1 Å². The van der Waals surface area contributed by atoms with Gasteiger partial charge in [0.05, 0.1) is 19.3 Å². The lowest BCUT2D eigenvalue weighted by Crippen LogP contribution is -2.38. The number of carbonyl (C=O) groups is 2. The average molecular weight is 255 g/mol. The standard InChI is InChI=1S/C13H21NO4/c1-5-10(4)11(14-13(16)18-7-3)8-9-12(15)17-6-2/h10-11H,5-7H2,1-4H3,(H,14,16)/t10-,11+/m0/s1. The molecule has 0 saturated heterocycles. The van der Waals surface area contributed by atoms with E-state index in [1.165, 1.54) is 0 Å². The topological polar surface area (TPSA) is 64.6 Å². The van der Waals surface area contributed by atoms with Crippen LogP contribution in [0.2, 0.25) is 0 Å². The molecule has 1 N–H and O–H groups in total. The third-order valence-electron chi connectivity index (χ3n) is 2.37. The van der Waals surface area contributed by atoms with Gasteiger partial charge in [0, 0.05) is 5.92 Å². The SMILES string of the molecule is CCOC(=O)C#C[C@@H](NC(=O)OCC)[C@@H](C)CC. The Balaban J connectivity index is 4.58. The van der Waals surface area contributed by atoms with Crippen molar-refractivity contribution < 1.29 is 19.1 Å². The zero-order valence-electron chi connectivity index (χ0n) is 11.4. The molecule has 0 rings (SSSR count). The minimum Gasteiger partial charge on any atom is -0.456 e. The molecule has 2 atom stereocenters. The second kappa shape index (κ2) is 9.34. The van der Waals surface area contributed by atoms with E-state index in [0.29, 0.717) is 6.61 Å². The summed E-state index contributed by atoms with van der Waals surface area (Å²) in [6, 6.07) is -0.418. The Morgan fingerprint density at radius 3 is 2.28 bits per heavy atom. The van der Waals surface area contributed by atoms with Crippen molar-refractivity contribution in [3.63, 3.8) is 0 Å². The van der Waals surface area contributed by atoms with Crippen LogP contribution in [-0.4, -0.2) is 31.3 Å². The lowest BCUT2D eigenvalue weighted by atomic mass is 10.00. The summed E-state index contributed by atoms with van der Waals surface area (Å²) >= 11 is 0. The molecule has 5 heteroatoms. The number of alkyl carbamates (subject to hydrolysis) is 1. The zero-order valence-corrected chi connectivity index (χ0v) is 11.4. The Morgan fingerprint density at radius 1 is 1.17 bits per heavy atom. The van der Waals surface area contributed by atoms with Crippen LogP contribution in [0.1, 0.15) is 34.1 Å². The first-order chi connectivity index (χ1) is 8.54. The molecule has 5 nitrogen and oxygen atoms in total. The maximum atomic E-state index is 11.3. The predicted octanol–water partition coefficient (Wildman–Crippen LogP) is 1.71. The van der Waals surface area contributed by atoms with Crippen LogP contribution in [-0.2, 0) is 14.3 Å². The fraction of sp³-hybridized carbons (Fsp3) is 0.692. The average Bonchev–Trinajstić information content (AvgIpc) is 2.34. The Bertz CT molecular complexity index is 330. The Morgan fingerprint density at radius 2 is 1.78 bits per heavy atom. The van der Waals surface area contributed by atoms with Gasteiger partial charge in [-0.2, -0.15) is 0 Å². The Labute approximate surface area is 108 Å². The molecule has 0 aromatic heterocycles. The lowest BCUT2D eigenvalue weighted by Gasteiger charge is -2.18. The van der Waals surface area contributed by atoms with Gasteiger partial charge in [-0.15, -0.1) is 0 Å². The van der Waals surface area contributed by atoms with Crippen LogP contribution >= 0.6 is 0 Å². The number of rotatable bonds is 5. The zero-order chi connectivity index (χ0) is 14.0. The van der Waals surface area contributed by atoms with Crippen molar-refractivity contribution in [2.75, 3.05) is 13.2 Å². The summed E-state index contributed by atoms with van der Waals surface area (Å²) in [6.45, 7) is 7.94. The fourth-order valence-corrected chi connectivity index (χ4v) is 1.16. The van der Waals surface area contributed by atoms with Crippen molar-refractivity contribution in [1.29, 1.82) is 0 Å². The molecule has 0 aromatic rings. The van der Waals surface area contributed by atoms with Crippen molar-refractivity contribution in [2.24, 2.45) is 5.92 Å². The molecule has 0 bridgehead atoms. The van der Waals surface area contributed by atoms with E-state index in [0.717, 1.165) is 6.42 Å². The largest absolute Gasteiger partial charge is 0.456 e. The summed E-state index contributed by atoms with van der Waals surface area (Å²) < 4.78 is 9.49. The molecule has 0 aliphatic carbocycles. The van der Waals surface area contributed by atoms with Gasteiger partial charge < -0.3 is 14.8 Å². The molecule has 0 aromatic carbocycles. The monoisotopic (exact) mass is 255 g/mol. The van der Waals surface area contributed by atoms with E-state index >= 15 is 0 Å². The van der Waals surface area contributed by atoms with E-state index in [2.05, 4.69) is 17.2 Å². The number of ether oxygens (including phenoxy) is 2. The van der Waals surface area contributed by atoms with Crippen LogP contribution in [0, 0.1) is 17.8 Å². The van der Waals surface area contributed by atoms with E-state index in [9.17, 15) is 9.59 Å². The third kappa shape index (κ3) is 6.79. The lowest BCUT2D eigenvalue weighted by molar-refractivity contribution is -0.136. The molecule has 0 saturated carbocycles. The number of carbonyl (C=O) groups excluding carboxylic acids is 2. The molecule has 0 unspecified atom stereocenters. The van der Waals surface area contributed by atoms with Crippen molar-refractivity contribution in [3.8, 4) is 11.8 Å². The first-order valence-corrected chi connectivity index (χ1v) is 6.16. The van der Waals surface area contributed by atoms with E-state index in [4.69, 9.17) is 9.47 Å². The van der Waals surface area contributed by atoms with Crippen molar-refractivity contribution in [3.05, 3.63) is 0 Å². The first kappa shape index (κ1) is 16.3. The number of hydrogen-bond donors (Lipinski definition) is 1. The molecule has 0 aliphatic rings. The molecular weight excluding hydrogens is 234 g/mol. The highest BCUT2D eigenvalue weighted by Crippen LogP contribution is 2.07. The highest BCUT2D eigenvalue weighted by molar-refractivity contribution is 5.88. The molecule has 0 radical (unpaired) electrons. The van der Waals surface area contributed by atoms with E-state index in [1.807, 2.05) is 13.8 Å². The molecule has 0 heterocycles. The van der Waals surface area contributed by atoms with Crippen molar-refractivity contribution in [2.45, 2.75) is 40.2 Å². The van der Waals surface area contributed by atoms with Gasteiger partial charge in [0.25, 0.3) is 0 Å². The van der Waals surface area contributed by atoms with Crippen LogP contribution < -0.4 is 5.32 Å². The van der Waals surface area contributed by atoms with E-state index in [1.54, 1.807) is 13.8 Å². The summed E-state index contributed by atoms with van der Waals surface area (Å²) in [5, 5.41) is 2.62. The predicted molar refractivity (Wildman–Crippen MR) is 67.8 cm³/mol. The fourth-order valence-electron chi connectivity index (χ4n) is 1.16. The van der Waals surface area contributed by atoms with Gasteiger partial charge in [0.2, 0.25) is 0 Å². The van der Waals surface area contributed by atoms with Crippen LogP contribution in [0.15, 0.2) is 0 Å². The van der Waals surface area contributed by atoms with Gasteiger partial charge in [0.15, 0.2) is 0 Å². The minimum atomic E-state index is -0.587. The van der Waals surface area contributed by atoms with Crippen molar-refractivity contribution in [1.82, 2.24) is 5.32 Å². The van der Waals surface area contributed by atoms with Crippen molar-refractivity contribution >= 4 is 12.1 Å². The summed E-state index contributed by atoms with van der Waals surface area (Å²) in [4.78, 5) is 22.5. The summed E-state index contributed by atoms with van der Waals surface area (Å²) in [7, 11) is 0. The smallest absolute Gasteiger partial charge is 0.408 e. The minimum absolute atomic E-state index is 0.122. The normalized spacial score (nSPS) is 12.7. The maximum absolute atomic E-state index is 11.3. The van der Waals surface area contributed by atoms with Gasteiger partial charge in [-0.25, -0.2) is 9.59 Å². The highest BCUT2D eigenvalue weighted by Gasteiger charge is 2.16. The van der Waals surface area contributed by atoms with Gasteiger partial charge in [-0.1, -0.05) is 26.2 Å². The molecule has 18 heavy (non-hydrogen) atoms. The quantitative estimate of drug-likeness (QED) is 0.461. The first-order valence-electron chi connectivity index (χ1n) is 6.16. The summed E-state index contributed by atoms with van der Waals surface area (Å²) in [5.74, 6) is 4.61. The highest BCUT2D eigenvalue weighted by atomic mass is 16.5. The third-order valence-corrected chi connectivity index (χ3v) is 2.37. The number of esters is 1. The van der Waals surface area contributed by atoms with E-state index in [-0.39, 0.29) is 12.5 Å². The Kier molecular flexibility index (Phi) is 8.46. The molecule has 102 valence electrons. The Hall–Kier alpha value is -1.70. The van der Waals surface area contributed by atoms with E-state index < -0.39 is 18.1 Å². The molecule has 0 fully saturated rings. The van der Waals surface area contributed by atoms with Crippen LogP contribution in [0.5, 0.6) is 0 Å². The molecular formula is C13H21NO4. The van der Waals surface area contributed by atoms with Gasteiger partial charge in [-0.3, -0.25) is 0 Å². The molecule has 0 aliphatic heterocycles. The van der Waals surface area contributed by atoms with Gasteiger partial charge in [-0.05, 0) is 19.8 Å². The number of hydrogen-bond acceptors (Lipinski definition) is 4.